The van der Waals surface area contributed by atoms with Gasteiger partial charge < -0.3 is 10.3 Å². The summed E-state index contributed by atoms with van der Waals surface area (Å²) in [6.45, 7) is 0. The Morgan fingerprint density at radius 3 is 2.52 bits per heavy atom. The Morgan fingerprint density at radius 1 is 1.05 bits per heavy atom. The van der Waals surface area contributed by atoms with Crippen LogP contribution in [0.2, 0.25) is 0 Å². The molecule has 4 nitrogen and oxygen atoms in total. The van der Waals surface area contributed by atoms with Crippen LogP contribution in [-0.2, 0) is 0 Å². The van der Waals surface area contributed by atoms with E-state index in [0.717, 1.165) is 38.2 Å². The molecule has 1 aromatic heterocycles. The molecule has 0 spiro atoms. The molecule has 1 fully saturated rings. The maximum atomic E-state index is 13.2. The number of aromatic nitrogens is 2. The highest BCUT2D eigenvalue weighted by atomic mass is 19.1. The molecule has 1 aliphatic carbocycles. The van der Waals surface area contributed by atoms with Gasteiger partial charge in [-0.3, -0.25) is 0 Å². The van der Waals surface area contributed by atoms with E-state index in [4.69, 9.17) is 10.3 Å². The zero-order valence-electron chi connectivity index (χ0n) is 11.6. The molecule has 2 atom stereocenters. The molecular formula is C15H17F2N3O. The highest BCUT2D eigenvalue weighted by Crippen LogP contribution is 2.31. The van der Waals surface area contributed by atoms with Crippen molar-refractivity contribution >= 4 is 0 Å². The summed E-state index contributed by atoms with van der Waals surface area (Å²) in [6.07, 6.45) is 5.16. The molecule has 2 N–H and O–H groups in total. The van der Waals surface area contributed by atoms with Gasteiger partial charge in [-0.15, -0.1) is 0 Å². The van der Waals surface area contributed by atoms with E-state index >= 15 is 0 Å². The standard InChI is InChI=1S/C15H17F2N3O/c16-10-6-9(7-11(17)8-10)14-19-15(21-20-14)12-4-2-1-3-5-13(12)18/h6-8,12-13H,1-5,18H2. The molecule has 21 heavy (non-hydrogen) atoms. The zero-order chi connectivity index (χ0) is 14.8. The van der Waals surface area contributed by atoms with E-state index < -0.39 is 11.6 Å². The summed E-state index contributed by atoms with van der Waals surface area (Å²) in [4.78, 5) is 4.29. The van der Waals surface area contributed by atoms with Crippen LogP contribution >= 0.6 is 0 Å². The van der Waals surface area contributed by atoms with Crippen molar-refractivity contribution in [3.05, 3.63) is 35.7 Å². The quantitative estimate of drug-likeness (QED) is 0.862. The van der Waals surface area contributed by atoms with Crippen LogP contribution in [0, 0.1) is 11.6 Å². The predicted molar refractivity (Wildman–Crippen MR) is 73.5 cm³/mol. The first-order valence-corrected chi connectivity index (χ1v) is 7.19. The molecule has 2 aromatic rings. The molecule has 0 saturated heterocycles. The minimum Gasteiger partial charge on any atom is -0.339 e. The minimum atomic E-state index is -0.664. The largest absolute Gasteiger partial charge is 0.339 e. The van der Waals surface area contributed by atoms with E-state index in [0.29, 0.717) is 5.89 Å². The number of rotatable bonds is 2. The van der Waals surface area contributed by atoms with Gasteiger partial charge in [0.1, 0.15) is 11.6 Å². The normalized spacial score (nSPS) is 23.0. The van der Waals surface area contributed by atoms with Gasteiger partial charge in [0.05, 0.1) is 5.92 Å². The van der Waals surface area contributed by atoms with Crippen LogP contribution in [-0.4, -0.2) is 16.2 Å². The Bertz CT molecular complexity index is 609. The second-order valence-electron chi connectivity index (χ2n) is 5.52. The van der Waals surface area contributed by atoms with Gasteiger partial charge in [-0.25, -0.2) is 8.78 Å². The summed E-state index contributed by atoms with van der Waals surface area (Å²) in [6, 6.07) is 3.17. The number of hydrogen-bond acceptors (Lipinski definition) is 4. The van der Waals surface area contributed by atoms with Crippen LogP contribution in [0.3, 0.4) is 0 Å². The summed E-state index contributed by atoms with van der Waals surface area (Å²) >= 11 is 0. The van der Waals surface area contributed by atoms with Crippen molar-refractivity contribution < 1.29 is 13.3 Å². The second-order valence-corrected chi connectivity index (χ2v) is 5.52. The summed E-state index contributed by atoms with van der Waals surface area (Å²) in [5.41, 5.74) is 6.43. The van der Waals surface area contributed by atoms with Crippen molar-refractivity contribution in [1.82, 2.24) is 10.1 Å². The van der Waals surface area contributed by atoms with Crippen LogP contribution < -0.4 is 5.73 Å². The Balaban J connectivity index is 1.88. The highest BCUT2D eigenvalue weighted by molar-refractivity contribution is 5.54. The van der Waals surface area contributed by atoms with Crippen molar-refractivity contribution in [2.45, 2.75) is 44.1 Å². The van der Waals surface area contributed by atoms with Crippen molar-refractivity contribution in [1.29, 1.82) is 0 Å². The topological polar surface area (TPSA) is 64.9 Å². The third-order valence-electron chi connectivity index (χ3n) is 3.95. The average Bonchev–Trinajstić information content (AvgIpc) is 2.81. The number of halogens is 2. The lowest BCUT2D eigenvalue weighted by molar-refractivity contribution is 0.326. The third kappa shape index (κ3) is 3.10. The molecule has 1 aromatic carbocycles. The van der Waals surface area contributed by atoms with E-state index in [1.165, 1.54) is 12.1 Å². The summed E-state index contributed by atoms with van der Waals surface area (Å²) in [7, 11) is 0. The molecule has 1 saturated carbocycles. The van der Waals surface area contributed by atoms with Gasteiger partial charge in [0.25, 0.3) is 0 Å². The Kier molecular flexibility index (Phi) is 3.96. The molecule has 1 aliphatic rings. The fourth-order valence-electron chi connectivity index (χ4n) is 2.83. The Labute approximate surface area is 121 Å². The first-order chi connectivity index (χ1) is 10.1. The highest BCUT2D eigenvalue weighted by Gasteiger charge is 2.27. The average molecular weight is 293 g/mol. The molecule has 0 amide bonds. The van der Waals surface area contributed by atoms with Gasteiger partial charge in [0.2, 0.25) is 11.7 Å². The van der Waals surface area contributed by atoms with E-state index in [1.807, 2.05) is 0 Å². The van der Waals surface area contributed by atoms with Gasteiger partial charge in [0.15, 0.2) is 0 Å². The molecule has 0 aliphatic heterocycles. The fourth-order valence-corrected chi connectivity index (χ4v) is 2.83. The third-order valence-corrected chi connectivity index (χ3v) is 3.95. The van der Waals surface area contributed by atoms with Crippen molar-refractivity contribution in [3.8, 4) is 11.4 Å². The van der Waals surface area contributed by atoms with Gasteiger partial charge in [0, 0.05) is 17.7 Å². The van der Waals surface area contributed by atoms with Gasteiger partial charge in [-0.1, -0.05) is 24.4 Å². The van der Waals surface area contributed by atoms with Crippen LogP contribution in [0.15, 0.2) is 22.7 Å². The van der Waals surface area contributed by atoms with Crippen molar-refractivity contribution in [2.75, 3.05) is 0 Å². The minimum absolute atomic E-state index is 0.00922. The van der Waals surface area contributed by atoms with Gasteiger partial charge in [-0.2, -0.15) is 4.98 Å². The number of nitrogens with zero attached hydrogens (tertiary/aromatic N) is 2. The molecule has 6 heteroatoms. The van der Waals surface area contributed by atoms with E-state index in [2.05, 4.69) is 10.1 Å². The smallest absolute Gasteiger partial charge is 0.231 e. The second kappa shape index (κ2) is 5.89. The van der Waals surface area contributed by atoms with Crippen LogP contribution in [0.5, 0.6) is 0 Å². The SMILES string of the molecule is NC1CCCCCC1c1nc(-c2cc(F)cc(F)c2)no1. The van der Waals surface area contributed by atoms with Crippen molar-refractivity contribution in [2.24, 2.45) is 5.73 Å². The van der Waals surface area contributed by atoms with Gasteiger partial charge in [-0.05, 0) is 25.0 Å². The van der Waals surface area contributed by atoms with Crippen LogP contribution in [0.1, 0.15) is 43.9 Å². The first-order valence-electron chi connectivity index (χ1n) is 7.19. The lowest BCUT2D eigenvalue weighted by Gasteiger charge is -2.16. The number of benzene rings is 1. The molecule has 1 heterocycles. The number of hydrogen-bond donors (Lipinski definition) is 1. The van der Waals surface area contributed by atoms with Crippen LogP contribution in [0.25, 0.3) is 11.4 Å². The van der Waals surface area contributed by atoms with E-state index in [1.54, 1.807) is 0 Å². The molecule has 3 rings (SSSR count). The Morgan fingerprint density at radius 2 is 1.76 bits per heavy atom. The van der Waals surface area contributed by atoms with E-state index in [-0.39, 0.29) is 23.3 Å². The molecule has 0 bridgehead atoms. The molecular weight excluding hydrogens is 276 g/mol. The molecule has 2 unspecified atom stereocenters. The number of nitrogens with two attached hydrogens (primary N) is 1. The molecule has 112 valence electrons. The monoisotopic (exact) mass is 293 g/mol. The summed E-state index contributed by atoms with van der Waals surface area (Å²) < 4.78 is 31.8. The lowest BCUT2D eigenvalue weighted by Crippen LogP contribution is -2.27. The predicted octanol–water partition coefficient (Wildman–Crippen LogP) is 3.39. The summed E-state index contributed by atoms with van der Waals surface area (Å²) in [5, 5.41) is 3.83. The van der Waals surface area contributed by atoms with Crippen molar-refractivity contribution in [3.63, 3.8) is 0 Å². The lowest BCUT2D eigenvalue weighted by atomic mass is 9.95. The fraction of sp³-hybridized carbons (Fsp3) is 0.467. The summed E-state index contributed by atoms with van der Waals surface area (Å²) in [5.74, 6) is -0.652. The maximum Gasteiger partial charge on any atom is 0.231 e. The van der Waals surface area contributed by atoms with E-state index in [9.17, 15) is 8.78 Å². The van der Waals surface area contributed by atoms with Gasteiger partial charge >= 0.3 is 0 Å². The first kappa shape index (κ1) is 14.1. The Hall–Kier alpha value is -1.82. The molecule has 0 radical (unpaired) electrons. The maximum absolute atomic E-state index is 13.2. The zero-order valence-corrected chi connectivity index (χ0v) is 11.6. The van der Waals surface area contributed by atoms with Crippen LogP contribution in [0.4, 0.5) is 8.78 Å².